The van der Waals surface area contributed by atoms with Gasteiger partial charge in [-0.2, -0.15) is 0 Å². The van der Waals surface area contributed by atoms with Gasteiger partial charge in [0.2, 0.25) is 0 Å². The molecular weight excluding hydrogens is 222 g/mol. The molecule has 0 saturated carbocycles. The minimum Gasteiger partial charge on any atom is -0.396 e. The summed E-state index contributed by atoms with van der Waals surface area (Å²) < 4.78 is 0. The van der Waals surface area contributed by atoms with Crippen molar-refractivity contribution in [3.63, 3.8) is 0 Å². The van der Waals surface area contributed by atoms with Crippen molar-refractivity contribution in [3.05, 3.63) is 35.4 Å². The topological polar surface area (TPSA) is 23.5 Å². The van der Waals surface area contributed by atoms with E-state index < -0.39 is 0 Å². The first kappa shape index (κ1) is 15.2. The van der Waals surface area contributed by atoms with E-state index in [2.05, 4.69) is 57.0 Å². The molecule has 1 aromatic carbocycles. The lowest BCUT2D eigenvalue weighted by atomic mass is 9.82. The zero-order valence-electron chi connectivity index (χ0n) is 12.2. The summed E-state index contributed by atoms with van der Waals surface area (Å²) in [4.78, 5) is 2.32. The maximum atomic E-state index is 9.61. The average Bonchev–Trinajstić information content (AvgIpc) is 2.36. The highest BCUT2D eigenvalue weighted by atomic mass is 16.3. The molecule has 0 fully saturated rings. The van der Waals surface area contributed by atoms with Gasteiger partial charge < -0.3 is 10.0 Å². The number of aryl methyl sites for hydroxylation is 1. The summed E-state index contributed by atoms with van der Waals surface area (Å²) in [7, 11) is 2.14. The summed E-state index contributed by atoms with van der Waals surface area (Å²) >= 11 is 0. The number of benzene rings is 1. The maximum absolute atomic E-state index is 9.61. The third-order valence-corrected chi connectivity index (χ3v) is 3.98. The van der Waals surface area contributed by atoms with Crippen molar-refractivity contribution in [2.75, 3.05) is 20.2 Å². The van der Waals surface area contributed by atoms with Crippen LogP contribution in [0.2, 0.25) is 0 Å². The largest absolute Gasteiger partial charge is 0.396 e. The summed E-state index contributed by atoms with van der Waals surface area (Å²) in [6.07, 6.45) is 2.05. The molecule has 2 heteroatoms. The molecule has 102 valence electrons. The van der Waals surface area contributed by atoms with Gasteiger partial charge in [0, 0.05) is 25.1 Å². The molecule has 0 spiro atoms. The average molecular weight is 249 g/mol. The van der Waals surface area contributed by atoms with Crippen molar-refractivity contribution in [1.29, 1.82) is 0 Å². The number of aliphatic hydroxyl groups is 1. The Hall–Kier alpha value is -0.860. The SMILES string of the molecule is CCC(CC)(CO)CN(C)Cc1cccc(C)c1. The molecule has 0 aliphatic carbocycles. The quantitative estimate of drug-likeness (QED) is 0.802. The second-order valence-electron chi connectivity index (χ2n) is 5.53. The summed E-state index contributed by atoms with van der Waals surface area (Å²) in [6, 6.07) is 8.63. The standard InChI is InChI=1S/C16H27NO/c1-5-16(6-2,13-18)12-17(4)11-15-9-7-8-14(3)10-15/h7-10,18H,5-6,11-13H2,1-4H3. The van der Waals surface area contributed by atoms with Crippen LogP contribution >= 0.6 is 0 Å². The number of aliphatic hydroxyl groups excluding tert-OH is 1. The van der Waals surface area contributed by atoms with Gasteiger partial charge in [-0.1, -0.05) is 43.7 Å². The Kier molecular flexibility index (Phi) is 5.83. The number of rotatable bonds is 7. The van der Waals surface area contributed by atoms with Gasteiger partial charge in [0.15, 0.2) is 0 Å². The van der Waals surface area contributed by atoms with Gasteiger partial charge in [-0.05, 0) is 32.4 Å². The van der Waals surface area contributed by atoms with Crippen LogP contribution in [0.1, 0.15) is 37.8 Å². The van der Waals surface area contributed by atoms with Crippen molar-refractivity contribution in [2.24, 2.45) is 5.41 Å². The second kappa shape index (κ2) is 6.91. The minimum absolute atomic E-state index is 0.0541. The van der Waals surface area contributed by atoms with Gasteiger partial charge in [-0.25, -0.2) is 0 Å². The lowest BCUT2D eigenvalue weighted by Gasteiger charge is -2.34. The number of hydrogen-bond donors (Lipinski definition) is 1. The summed E-state index contributed by atoms with van der Waals surface area (Å²) in [5.41, 5.74) is 2.70. The second-order valence-corrected chi connectivity index (χ2v) is 5.53. The molecule has 1 N–H and O–H groups in total. The molecule has 0 aliphatic rings. The van der Waals surface area contributed by atoms with E-state index in [0.717, 1.165) is 25.9 Å². The highest BCUT2D eigenvalue weighted by Crippen LogP contribution is 2.27. The Bertz CT molecular complexity index is 350. The molecule has 0 bridgehead atoms. The fourth-order valence-electron chi connectivity index (χ4n) is 2.50. The van der Waals surface area contributed by atoms with E-state index in [1.807, 2.05) is 0 Å². The third kappa shape index (κ3) is 4.11. The molecule has 0 amide bonds. The molecular formula is C16H27NO. The molecule has 0 unspecified atom stereocenters. The Morgan fingerprint density at radius 3 is 2.39 bits per heavy atom. The smallest absolute Gasteiger partial charge is 0.0499 e. The van der Waals surface area contributed by atoms with E-state index in [1.54, 1.807) is 0 Å². The Balaban J connectivity index is 2.63. The Labute approximate surface area is 112 Å². The fourth-order valence-corrected chi connectivity index (χ4v) is 2.50. The molecule has 1 aromatic rings. The van der Waals surface area contributed by atoms with Crippen molar-refractivity contribution in [3.8, 4) is 0 Å². The lowest BCUT2D eigenvalue weighted by Crippen LogP contribution is -2.37. The van der Waals surface area contributed by atoms with Crippen molar-refractivity contribution < 1.29 is 5.11 Å². The number of nitrogens with zero attached hydrogens (tertiary/aromatic N) is 1. The van der Waals surface area contributed by atoms with E-state index in [9.17, 15) is 5.11 Å². The van der Waals surface area contributed by atoms with Crippen molar-refractivity contribution >= 4 is 0 Å². The van der Waals surface area contributed by atoms with Crippen LogP contribution in [0.5, 0.6) is 0 Å². The van der Waals surface area contributed by atoms with Gasteiger partial charge >= 0.3 is 0 Å². The summed E-state index contributed by atoms with van der Waals surface area (Å²) in [5.74, 6) is 0. The van der Waals surface area contributed by atoms with Gasteiger partial charge in [0.25, 0.3) is 0 Å². The van der Waals surface area contributed by atoms with Gasteiger partial charge in [-0.15, -0.1) is 0 Å². The highest BCUT2D eigenvalue weighted by molar-refractivity contribution is 5.22. The first-order chi connectivity index (χ1) is 8.55. The molecule has 2 nitrogen and oxygen atoms in total. The van der Waals surface area contributed by atoms with Crippen LogP contribution in [0.3, 0.4) is 0 Å². The van der Waals surface area contributed by atoms with E-state index in [0.29, 0.717) is 0 Å². The minimum atomic E-state index is 0.0541. The van der Waals surface area contributed by atoms with Crippen LogP contribution in [0.25, 0.3) is 0 Å². The molecule has 0 radical (unpaired) electrons. The van der Waals surface area contributed by atoms with Crippen molar-refractivity contribution in [1.82, 2.24) is 4.90 Å². The van der Waals surface area contributed by atoms with Crippen LogP contribution < -0.4 is 0 Å². The van der Waals surface area contributed by atoms with Crippen LogP contribution in [-0.2, 0) is 6.54 Å². The zero-order chi connectivity index (χ0) is 13.6. The van der Waals surface area contributed by atoms with Crippen LogP contribution in [-0.4, -0.2) is 30.2 Å². The van der Waals surface area contributed by atoms with E-state index >= 15 is 0 Å². The monoisotopic (exact) mass is 249 g/mol. The highest BCUT2D eigenvalue weighted by Gasteiger charge is 2.26. The van der Waals surface area contributed by atoms with Gasteiger partial charge in [0.05, 0.1) is 0 Å². The fraction of sp³-hybridized carbons (Fsp3) is 0.625. The zero-order valence-corrected chi connectivity index (χ0v) is 12.2. The van der Waals surface area contributed by atoms with Gasteiger partial charge in [0.1, 0.15) is 0 Å². The predicted octanol–water partition coefficient (Wildman–Crippen LogP) is 3.23. The molecule has 1 rings (SSSR count). The molecule has 0 aliphatic heterocycles. The Morgan fingerprint density at radius 2 is 1.89 bits per heavy atom. The van der Waals surface area contributed by atoms with Crippen molar-refractivity contribution in [2.45, 2.75) is 40.2 Å². The lowest BCUT2D eigenvalue weighted by molar-refractivity contribution is 0.0731. The normalized spacial score (nSPS) is 12.1. The van der Waals surface area contributed by atoms with Crippen LogP contribution in [0.15, 0.2) is 24.3 Å². The molecule has 0 atom stereocenters. The first-order valence-electron chi connectivity index (χ1n) is 6.90. The third-order valence-electron chi connectivity index (χ3n) is 3.98. The summed E-state index contributed by atoms with van der Waals surface area (Å²) in [6.45, 7) is 8.63. The van der Waals surface area contributed by atoms with Gasteiger partial charge in [-0.3, -0.25) is 0 Å². The summed E-state index contributed by atoms with van der Waals surface area (Å²) in [5, 5.41) is 9.61. The van der Waals surface area contributed by atoms with Crippen LogP contribution in [0, 0.1) is 12.3 Å². The molecule has 0 aromatic heterocycles. The molecule has 0 saturated heterocycles. The molecule has 18 heavy (non-hydrogen) atoms. The number of hydrogen-bond acceptors (Lipinski definition) is 2. The predicted molar refractivity (Wildman–Crippen MR) is 77.6 cm³/mol. The Morgan fingerprint density at radius 1 is 1.22 bits per heavy atom. The van der Waals surface area contributed by atoms with E-state index in [-0.39, 0.29) is 12.0 Å². The van der Waals surface area contributed by atoms with E-state index in [4.69, 9.17) is 0 Å². The maximum Gasteiger partial charge on any atom is 0.0499 e. The van der Waals surface area contributed by atoms with E-state index in [1.165, 1.54) is 11.1 Å². The van der Waals surface area contributed by atoms with Crippen LogP contribution in [0.4, 0.5) is 0 Å². The first-order valence-corrected chi connectivity index (χ1v) is 6.90. The molecule has 0 heterocycles.